The van der Waals surface area contributed by atoms with Crippen molar-refractivity contribution in [1.29, 1.82) is 0 Å². The van der Waals surface area contributed by atoms with E-state index in [1.807, 2.05) is 29.3 Å². The van der Waals surface area contributed by atoms with Crippen LogP contribution in [0.25, 0.3) is 10.8 Å². The Morgan fingerprint density at radius 1 is 1.52 bits per heavy atom. The molecule has 23 heavy (non-hydrogen) atoms. The summed E-state index contributed by atoms with van der Waals surface area (Å²) in [6, 6.07) is 4.27. The molecular formula is C16H21N3O2S2. The van der Waals surface area contributed by atoms with Gasteiger partial charge in [0.1, 0.15) is 0 Å². The highest BCUT2D eigenvalue weighted by molar-refractivity contribution is 8.00. The Hall–Kier alpha value is -1.34. The van der Waals surface area contributed by atoms with E-state index in [0.29, 0.717) is 17.2 Å². The minimum Gasteiger partial charge on any atom is -0.410 e. The fourth-order valence-electron chi connectivity index (χ4n) is 2.91. The standard InChI is InChI=1S/C16H21N3O2S2/c1-3-12-7-4-5-9-19(12)15(20)11(2)23-16-18-17-14(21-16)13-8-6-10-22-13/h6,8,10-12H,3-5,7,9H2,1-2H3. The average molecular weight is 351 g/mol. The molecule has 3 rings (SSSR count). The summed E-state index contributed by atoms with van der Waals surface area (Å²) in [6.07, 6.45) is 4.45. The first-order chi connectivity index (χ1) is 11.2. The third kappa shape index (κ3) is 3.77. The fraction of sp³-hybridized carbons (Fsp3) is 0.562. The summed E-state index contributed by atoms with van der Waals surface area (Å²) in [5.41, 5.74) is 0. The van der Waals surface area contributed by atoms with Gasteiger partial charge in [-0.2, -0.15) is 0 Å². The Kier molecular flexibility index (Phi) is 5.38. The highest BCUT2D eigenvalue weighted by Gasteiger charge is 2.30. The zero-order valence-corrected chi connectivity index (χ0v) is 15.0. The molecular weight excluding hydrogens is 330 g/mol. The Balaban J connectivity index is 1.64. The molecule has 0 saturated carbocycles. The van der Waals surface area contributed by atoms with Gasteiger partial charge >= 0.3 is 0 Å². The molecule has 1 fully saturated rings. The van der Waals surface area contributed by atoms with Crippen molar-refractivity contribution in [2.75, 3.05) is 6.54 Å². The second-order valence-corrected chi connectivity index (χ2v) is 7.94. The highest BCUT2D eigenvalue weighted by atomic mass is 32.2. The van der Waals surface area contributed by atoms with Crippen molar-refractivity contribution in [3.8, 4) is 10.8 Å². The van der Waals surface area contributed by atoms with Crippen molar-refractivity contribution >= 4 is 29.0 Å². The van der Waals surface area contributed by atoms with Gasteiger partial charge in [-0.05, 0) is 44.1 Å². The topological polar surface area (TPSA) is 59.2 Å². The third-order valence-corrected chi connectivity index (χ3v) is 5.92. The van der Waals surface area contributed by atoms with E-state index in [4.69, 9.17) is 4.42 Å². The number of rotatable bonds is 5. The second kappa shape index (κ2) is 7.49. The molecule has 0 aliphatic carbocycles. The lowest BCUT2D eigenvalue weighted by molar-refractivity contribution is -0.134. The molecule has 1 aliphatic rings. The molecule has 2 unspecified atom stereocenters. The van der Waals surface area contributed by atoms with Gasteiger partial charge in [0.15, 0.2) is 0 Å². The monoisotopic (exact) mass is 351 g/mol. The van der Waals surface area contributed by atoms with E-state index in [9.17, 15) is 4.79 Å². The number of nitrogens with zero attached hydrogens (tertiary/aromatic N) is 3. The van der Waals surface area contributed by atoms with Gasteiger partial charge in [-0.3, -0.25) is 4.79 Å². The largest absolute Gasteiger partial charge is 0.410 e. The first-order valence-electron chi connectivity index (χ1n) is 8.03. The lowest BCUT2D eigenvalue weighted by atomic mass is 10.00. The number of carbonyl (C=O) groups excluding carboxylic acids is 1. The van der Waals surface area contributed by atoms with Crippen LogP contribution in [-0.2, 0) is 4.79 Å². The van der Waals surface area contributed by atoms with Gasteiger partial charge in [-0.15, -0.1) is 21.5 Å². The number of thiophene rings is 1. The van der Waals surface area contributed by atoms with Crippen LogP contribution in [0.4, 0.5) is 0 Å². The van der Waals surface area contributed by atoms with Crippen LogP contribution in [0, 0.1) is 0 Å². The Bertz CT molecular complexity index is 642. The van der Waals surface area contributed by atoms with Gasteiger partial charge in [-0.25, -0.2) is 0 Å². The minimum absolute atomic E-state index is 0.178. The smallest absolute Gasteiger partial charge is 0.277 e. The lowest BCUT2D eigenvalue weighted by Gasteiger charge is -2.36. The Morgan fingerprint density at radius 2 is 2.39 bits per heavy atom. The molecule has 0 bridgehead atoms. The molecule has 124 valence electrons. The summed E-state index contributed by atoms with van der Waals surface area (Å²) in [5.74, 6) is 0.698. The van der Waals surface area contributed by atoms with Crippen LogP contribution in [0.2, 0.25) is 0 Å². The lowest BCUT2D eigenvalue weighted by Crippen LogP contribution is -2.46. The van der Waals surface area contributed by atoms with Crippen molar-refractivity contribution in [3.05, 3.63) is 17.5 Å². The van der Waals surface area contributed by atoms with Crippen LogP contribution < -0.4 is 0 Å². The van der Waals surface area contributed by atoms with E-state index in [1.54, 1.807) is 11.3 Å². The van der Waals surface area contributed by atoms with Crippen molar-refractivity contribution in [1.82, 2.24) is 15.1 Å². The fourth-order valence-corrected chi connectivity index (χ4v) is 4.31. The molecule has 1 aliphatic heterocycles. The van der Waals surface area contributed by atoms with Gasteiger partial charge in [0, 0.05) is 12.6 Å². The molecule has 0 aromatic carbocycles. The SMILES string of the molecule is CCC1CCCCN1C(=O)C(C)Sc1nnc(-c2cccs2)o1. The molecule has 0 radical (unpaired) electrons. The molecule has 1 saturated heterocycles. The number of aromatic nitrogens is 2. The van der Waals surface area contributed by atoms with Crippen molar-refractivity contribution in [2.45, 2.75) is 56.0 Å². The molecule has 2 atom stereocenters. The Labute approximate surface area is 144 Å². The van der Waals surface area contributed by atoms with Crippen molar-refractivity contribution in [2.24, 2.45) is 0 Å². The maximum atomic E-state index is 12.7. The van der Waals surface area contributed by atoms with Crippen molar-refractivity contribution < 1.29 is 9.21 Å². The molecule has 0 N–H and O–H groups in total. The minimum atomic E-state index is -0.209. The summed E-state index contributed by atoms with van der Waals surface area (Å²) in [6.45, 7) is 4.94. The van der Waals surface area contributed by atoms with Crippen LogP contribution in [0.15, 0.2) is 27.2 Å². The van der Waals surface area contributed by atoms with E-state index >= 15 is 0 Å². The maximum absolute atomic E-state index is 12.7. The molecule has 7 heteroatoms. The first kappa shape index (κ1) is 16.5. The predicted octanol–water partition coefficient (Wildman–Crippen LogP) is 4.07. The van der Waals surface area contributed by atoms with Gasteiger partial charge < -0.3 is 9.32 Å². The van der Waals surface area contributed by atoms with Crippen LogP contribution in [-0.4, -0.2) is 38.8 Å². The van der Waals surface area contributed by atoms with Gasteiger partial charge in [-0.1, -0.05) is 24.8 Å². The molecule has 5 nitrogen and oxygen atoms in total. The zero-order valence-electron chi connectivity index (χ0n) is 13.4. The first-order valence-corrected chi connectivity index (χ1v) is 9.79. The number of carbonyl (C=O) groups is 1. The summed E-state index contributed by atoms with van der Waals surface area (Å²) >= 11 is 2.91. The number of hydrogen-bond acceptors (Lipinski definition) is 6. The summed E-state index contributed by atoms with van der Waals surface area (Å²) in [5, 5.41) is 10.3. The quantitative estimate of drug-likeness (QED) is 0.760. The second-order valence-electron chi connectivity index (χ2n) is 5.70. The summed E-state index contributed by atoms with van der Waals surface area (Å²) in [4.78, 5) is 15.7. The van der Waals surface area contributed by atoms with Gasteiger partial charge in [0.2, 0.25) is 5.91 Å². The van der Waals surface area contributed by atoms with E-state index < -0.39 is 0 Å². The predicted molar refractivity (Wildman–Crippen MR) is 92.6 cm³/mol. The van der Waals surface area contributed by atoms with Crippen LogP contribution in [0.5, 0.6) is 0 Å². The van der Waals surface area contributed by atoms with E-state index in [2.05, 4.69) is 17.1 Å². The summed E-state index contributed by atoms with van der Waals surface area (Å²) < 4.78 is 5.67. The normalized spacial score (nSPS) is 19.7. The number of likely N-dealkylation sites (tertiary alicyclic amines) is 1. The number of amides is 1. The number of piperidine rings is 1. The number of thioether (sulfide) groups is 1. The third-order valence-electron chi connectivity index (χ3n) is 4.15. The number of hydrogen-bond donors (Lipinski definition) is 0. The maximum Gasteiger partial charge on any atom is 0.277 e. The highest BCUT2D eigenvalue weighted by Crippen LogP contribution is 2.30. The molecule has 1 amide bonds. The van der Waals surface area contributed by atoms with E-state index in [0.717, 1.165) is 30.7 Å². The summed E-state index contributed by atoms with van der Waals surface area (Å²) in [7, 11) is 0. The van der Waals surface area contributed by atoms with Crippen molar-refractivity contribution in [3.63, 3.8) is 0 Å². The molecule has 2 aromatic heterocycles. The zero-order chi connectivity index (χ0) is 16.2. The Morgan fingerprint density at radius 3 is 3.13 bits per heavy atom. The van der Waals surface area contributed by atoms with Crippen LogP contribution in [0.3, 0.4) is 0 Å². The van der Waals surface area contributed by atoms with E-state index in [-0.39, 0.29) is 11.2 Å². The molecule has 2 aromatic rings. The molecule has 3 heterocycles. The van der Waals surface area contributed by atoms with Crippen LogP contribution >= 0.6 is 23.1 Å². The molecule has 0 spiro atoms. The van der Waals surface area contributed by atoms with Gasteiger partial charge in [0.05, 0.1) is 10.1 Å². The van der Waals surface area contributed by atoms with Crippen LogP contribution in [0.1, 0.15) is 39.5 Å². The van der Waals surface area contributed by atoms with Gasteiger partial charge in [0.25, 0.3) is 11.1 Å². The average Bonchev–Trinajstić information content (AvgIpc) is 3.25. The van der Waals surface area contributed by atoms with E-state index in [1.165, 1.54) is 18.2 Å².